The van der Waals surface area contributed by atoms with Gasteiger partial charge in [-0.3, -0.25) is 4.79 Å². The molecule has 1 amide bonds. The number of carbonyl (C=O) groups excluding carboxylic acids is 1. The summed E-state index contributed by atoms with van der Waals surface area (Å²) in [6, 6.07) is 10.6. The van der Waals surface area contributed by atoms with Gasteiger partial charge in [-0.25, -0.2) is 0 Å². The predicted octanol–water partition coefficient (Wildman–Crippen LogP) is 2.01. The topological polar surface area (TPSA) is 44.4 Å². The maximum Gasteiger partial charge on any atom is 0.220 e. The van der Waals surface area contributed by atoms with Crippen LogP contribution in [0.4, 0.5) is 0 Å². The number of nitrogens with zero attached hydrogens (tertiary/aromatic N) is 1. The molecule has 22 heavy (non-hydrogen) atoms. The third kappa shape index (κ3) is 6.16. The molecule has 1 aliphatic rings. The van der Waals surface area contributed by atoms with E-state index in [4.69, 9.17) is 0 Å². The smallest absolute Gasteiger partial charge is 0.220 e. The minimum Gasteiger partial charge on any atom is -0.352 e. The van der Waals surface area contributed by atoms with Crippen molar-refractivity contribution < 1.29 is 4.79 Å². The molecule has 1 aliphatic heterocycles. The standard InChI is InChI=1S/C18H29N3O/c1-15(13-21(2)14-17-6-4-3-5-7-17)20-18(22)9-8-16-10-11-19-12-16/h3-7,15-16,19H,8-14H2,1-2H3,(H,20,22). The quantitative estimate of drug-likeness (QED) is 0.772. The van der Waals surface area contributed by atoms with Crippen LogP contribution in [-0.2, 0) is 11.3 Å². The zero-order chi connectivity index (χ0) is 15.8. The van der Waals surface area contributed by atoms with Crippen LogP contribution in [0.1, 0.15) is 31.7 Å². The molecule has 0 spiro atoms. The number of amides is 1. The molecule has 4 heteroatoms. The van der Waals surface area contributed by atoms with E-state index in [2.05, 4.69) is 53.8 Å². The first-order valence-electron chi connectivity index (χ1n) is 8.36. The van der Waals surface area contributed by atoms with E-state index in [1.54, 1.807) is 0 Å². The van der Waals surface area contributed by atoms with E-state index in [1.807, 2.05) is 6.07 Å². The number of hydrogen-bond donors (Lipinski definition) is 2. The van der Waals surface area contributed by atoms with E-state index in [0.29, 0.717) is 12.3 Å². The average molecular weight is 303 g/mol. The van der Waals surface area contributed by atoms with Gasteiger partial charge in [0, 0.05) is 25.6 Å². The molecule has 0 saturated carbocycles. The Bertz CT molecular complexity index is 443. The van der Waals surface area contributed by atoms with Crippen LogP contribution in [0.2, 0.25) is 0 Å². The number of rotatable bonds is 8. The Hall–Kier alpha value is -1.39. The molecular weight excluding hydrogens is 274 g/mol. The first-order chi connectivity index (χ1) is 10.6. The van der Waals surface area contributed by atoms with Gasteiger partial charge in [-0.2, -0.15) is 0 Å². The minimum absolute atomic E-state index is 0.183. The summed E-state index contributed by atoms with van der Waals surface area (Å²) in [5.74, 6) is 0.870. The fraction of sp³-hybridized carbons (Fsp3) is 0.611. The number of benzene rings is 1. The SMILES string of the molecule is CC(CN(C)Cc1ccccc1)NC(=O)CCC1CCNC1. The molecule has 2 rings (SSSR count). The van der Waals surface area contributed by atoms with Crippen LogP contribution in [0, 0.1) is 5.92 Å². The number of hydrogen-bond acceptors (Lipinski definition) is 3. The Morgan fingerprint density at radius 2 is 2.18 bits per heavy atom. The van der Waals surface area contributed by atoms with Gasteiger partial charge in [0.1, 0.15) is 0 Å². The van der Waals surface area contributed by atoms with Crippen molar-refractivity contribution in [3.63, 3.8) is 0 Å². The second-order valence-electron chi connectivity index (χ2n) is 6.55. The largest absolute Gasteiger partial charge is 0.352 e. The van der Waals surface area contributed by atoms with Crippen molar-refractivity contribution in [1.29, 1.82) is 0 Å². The summed E-state index contributed by atoms with van der Waals surface area (Å²) in [4.78, 5) is 14.3. The van der Waals surface area contributed by atoms with Gasteiger partial charge in [-0.15, -0.1) is 0 Å². The summed E-state index contributed by atoms with van der Waals surface area (Å²) in [6.45, 7) is 6.03. The van der Waals surface area contributed by atoms with Crippen molar-refractivity contribution in [1.82, 2.24) is 15.5 Å². The lowest BCUT2D eigenvalue weighted by molar-refractivity contribution is -0.122. The highest BCUT2D eigenvalue weighted by Crippen LogP contribution is 2.14. The van der Waals surface area contributed by atoms with Gasteiger partial charge in [0.05, 0.1) is 0 Å². The molecule has 2 atom stereocenters. The van der Waals surface area contributed by atoms with Gasteiger partial charge in [0.15, 0.2) is 0 Å². The molecule has 1 heterocycles. The van der Waals surface area contributed by atoms with Crippen molar-refractivity contribution >= 4 is 5.91 Å². The number of nitrogens with one attached hydrogen (secondary N) is 2. The van der Waals surface area contributed by atoms with Crippen LogP contribution in [0.15, 0.2) is 30.3 Å². The molecule has 1 aromatic carbocycles. The minimum atomic E-state index is 0.183. The van der Waals surface area contributed by atoms with E-state index in [1.165, 1.54) is 12.0 Å². The fourth-order valence-electron chi connectivity index (χ4n) is 3.12. The number of carbonyl (C=O) groups is 1. The Morgan fingerprint density at radius 3 is 2.86 bits per heavy atom. The normalized spacial score (nSPS) is 19.3. The monoisotopic (exact) mass is 303 g/mol. The molecule has 2 N–H and O–H groups in total. The third-order valence-corrected chi connectivity index (χ3v) is 4.23. The molecular formula is C18H29N3O. The van der Waals surface area contributed by atoms with Crippen molar-refractivity contribution in [3.8, 4) is 0 Å². The van der Waals surface area contributed by atoms with Crippen molar-refractivity contribution in [2.45, 2.75) is 38.8 Å². The molecule has 2 unspecified atom stereocenters. The molecule has 0 bridgehead atoms. The maximum atomic E-state index is 12.0. The highest BCUT2D eigenvalue weighted by molar-refractivity contribution is 5.76. The average Bonchev–Trinajstić information content (AvgIpc) is 2.99. The van der Waals surface area contributed by atoms with Crippen molar-refractivity contribution in [3.05, 3.63) is 35.9 Å². The van der Waals surface area contributed by atoms with Gasteiger partial charge in [0.2, 0.25) is 5.91 Å². The van der Waals surface area contributed by atoms with Crippen LogP contribution < -0.4 is 10.6 Å². The molecule has 0 radical (unpaired) electrons. The van der Waals surface area contributed by atoms with E-state index in [-0.39, 0.29) is 11.9 Å². The zero-order valence-corrected chi connectivity index (χ0v) is 13.8. The molecule has 122 valence electrons. The van der Waals surface area contributed by atoms with Gasteiger partial charge in [-0.05, 0) is 51.4 Å². The van der Waals surface area contributed by atoms with Crippen LogP contribution in [-0.4, -0.2) is 43.5 Å². The first kappa shape index (κ1) is 17.0. The summed E-state index contributed by atoms with van der Waals surface area (Å²) in [7, 11) is 2.10. The highest BCUT2D eigenvalue weighted by atomic mass is 16.1. The summed E-state index contributed by atoms with van der Waals surface area (Å²) in [5.41, 5.74) is 1.30. The van der Waals surface area contributed by atoms with Crippen LogP contribution in [0.25, 0.3) is 0 Å². The maximum absolute atomic E-state index is 12.0. The van der Waals surface area contributed by atoms with Gasteiger partial charge in [0.25, 0.3) is 0 Å². The molecule has 1 saturated heterocycles. The molecule has 1 fully saturated rings. The van der Waals surface area contributed by atoms with Crippen molar-refractivity contribution in [2.75, 3.05) is 26.7 Å². The summed E-state index contributed by atoms with van der Waals surface area (Å²) >= 11 is 0. The highest BCUT2D eigenvalue weighted by Gasteiger charge is 2.16. The fourth-order valence-corrected chi connectivity index (χ4v) is 3.12. The van der Waals surface area contributed by atoms with E-state index in [0.717, 1.165) is 32.6 Å². The van der Waals surface area contributed by atoms with E-state index < -0.39 is 0 Å². The molecule has 0 aromatic heterocycles. The van der Waals surface area contributed by atoms with E-state index >= 15 is 0 Å². The van der Waals surface area contributed by atoms with Crippen molar-refractivity contribution in [2.24, 2.45) is 5.92 Å². The Kier molecular flexibility index (Phi) is 6.87. The first-order valence-corrected chi connectivity index (χ1v) is 8.36. The Labute approximate surface area is 134 Å². The van der Waals surface area contributed by atoms with Crippen LogP contribution in [0.3, 0.4) is 0 Å². The summed E-state index contributed by atoms with van der Waals surface area (Å²) in [6.07, 6.45) is 2.87. The number of likely N-dealkylation sites (N-methyl/N-ethyl adjacent to an activating group) is 1. The molecule has 4 nitrogen and oxygen atoms in total. The molecule has 1 aromatic rings. The van der Waals surface area contributed by atoms with Crippen LogP contribution in [0.5, 0.6) is 0 Å². The van der Waals surface area contributed by atoms with E-state index in [9.17, 15) is 4.79 Å². The third-order valence-electron chi connectivity index (χ3n) is 4.23. The van der Waals surface area contributed by atoms with Gasteiger partial charge >= 0.3 is 0 Å². The lowest BCUT2D eigenvalue weighted by atomic mass is 10.0. The zero-order valence-electron chi connectivity index (χ0n) is 13.8. The van der Waals surface area contributed by atoms with Gasteiger partial charge in [-0.1, -0.05) is 30.3 Å². The second-order valence-corrected chi connectivity index (χ2v) is 6.55. The predicted molar refractivity (Wildman–Crippen MR) is 90.6 cm³/mol. The Morgan fingerprint density at radius 1 is 1.41 bits per heavy atom. The second kappa shape index (κ2) is 8.91. The lowest BCUT2D eigenvalue weighted by Crippen LogP contribution is -2.40. The van der Waals surface area contributed by atoms with Gasteiger partial charge < -0.3 is 15.5 Å². The lowest BCUT2D eigenvalue weighted by Gasteiger charge is -2.22. The molecule has 0 aliphatic carbocycles. The summed E-state index contributed by atoms with van der Waals surface area (Å²) < 4.78 is 0. The van der Waals surface area contributed by atoms with Crippen LogP contribution >= 0.6 is 0 Å². The Balaban J connectivity index is 1.63. The summed E-state index contributed by atoms with van der Waals surface area (Å²) in [5, 5.41) is 6.47.